The molecule has 0 saturated heterocycles. The highest BCUT2D eigenvalue weighted by atomic mass is 15.3. The van der Waals surface area contributed by atoms with Crippen molar-refractivity contribution in [3.8, 4) is 28.3 Å². The first-order chi connectivity index (χ1) is 11.4. The van der Waals surface area contributed by atoms with Gasteiger partial charge in [0.2, 0.25) is 0 Å². The molecule has 0 aliphatic carbocycles. The number of hydrogen-bond donors (Lipinski definition) is 0. The summed E-state index contributed by atoms with van der Waals surface area (Å²) in [5, 5.41) is 4.57. The van der Waals surface area contributed by atoms with Crippen LogP contribution in [0.3, 0.4) is 0 Å². The standard InChI is InChI=1S/C19H14N4/c1-2-9-17(10-3-1)23-14-21-19(22-23)16-8-6-7-15(13-16)18-11-4-5-12-20-18/h1-14H. The van der Waals surface area contributed by atoms with Gasteiger partial charge in [0.1, 0.15) is 6.33 Å². The molecule has 23 heavy (non-hydrogen) atoms. The lowest BCUT2D eigenvalue weighted by atomic mass is 10.1. The van der Waals surface area contributed by atoms with E-state index in [1.54, 1.807) is 17.2 Å². The van der Waals surface area contributed by atoms with Crippen LogP contribution in [0.4, 0.5) is 0 Å². The third-order valence-corrected chi connectivity index (χ3v) is 3.59. The monoisotopic (exact) mass is 298 g/mol. The van der Waals surface area contributed by atoms with Crippen LogP contribution in [0.2, 0.25) is 0 Å². The molecule has 0 spiro atoms. The largest absolute Gasteiger partial charge is 0.256 e. The van der Waals surface area contributed by atoms with Crippen LogP contribution in [0.5, 0.6) is 0 Å². The van der Waals surface area contributed by atoms with Gasteiger partial charge in [0.05, 0.1) is 11.4 Å². The molecule has 4 aromatic rings. The molecule has 2 aromatic heterocycles. The Kier molecular flexibility index (Phi) is 3.41. The molecule has 0 N–H and O–H groups in total. The summed E-state index contributed by atoms with van der Waals surface area (Å²) in [6, 6.07) is 24.0. The molecule has 4 heteroatoms. The highest BCUT2D eigenvalue weighted by Gasteiger charge is 2.07. The van der Waals surface area contributed by atoms with Crippen LogP contribution in [0, 0.1) is 0 Å². The lowest BCUT2D eigenvalue weighted by Gasteiger charge is -2.02. The Bertz CT molecular complexity index is 914. The maximum Gasteiger partial charge on any atom is 0.181 e. The van der Waals surface area contributed by atoms with Crippen molar-refractivity contribution in [1.82, 2.24) is 19.7 Å². The molecule has 0 amide bonds. The molecule has 0 atom stereocenters. The number of aromatic nitrogens is 4. The highest BCUT2D eigenvalue weighted by molar-refractivity contribution is 5.67. The second-order valence-electron chi connectivity index (χ2n) is 5.14. The Morgan fingerprint density at radius 1 is 0.696 bits per heavy atom. The van der Waals surface area contributed by atoms with E-state index < -0.39 is 0 Å². The molecule has 110 valence electrons. The number of nitrogens with zero attached hydrogens (tertiary/aromatic N) is 4. The molecule has 0 aliphatic heterocycles. The summed E-state index contributed by atoms with van der Waals surface area (Å²) >= 11 is 0. The van der Waals surface area contributed by atoms with E-state index in [2.05, 4.69) is 21.1 Å². The SMILES string of the molecule is c1ccc(-n2cnc(-c3cccc(-c4ccccn4)c3)n2)cc1. The summed E-state index contributed by atoms with van der Waals surface area (Å²) in [6.07, 6.45) is 3.53. The van der Waals surface area contributed by atoms with E-state index in [4.69, 9.17) is 0 Å². The molecule has 0 radical (unpaired) electrons. The lowest BCUT2D eigenvalue weighted by molar-refractivity contribution is 0.882. The fourth-order valence-electron chi connectivity index (χ4n) is 2.45. The van der Waals surface area contributed by atoms with Gasteiger partial charge >= 0.3 is 0 Å². The molecule has 0 fully saturated rings. The molecule has 0 saturated carbocycles. The summed E-state index contributed by atoms with van der Waals surface area (Å²) in [5.41, 5.74) is 3.96. The molecule has 0 bridgehead atoms. The van der Waals surface area contributed by atoms with E-state index >= 15 is 0 Å². The first-order valence-electron chi connectivity index (χ1n) is 7.39. The second-order valence-corrected chi connectivity index (χ2v) is 5.14. The van der Waals surface area contributed by atoms with Crippen LogP contribution in [0.1, 0.15) is 0 Å². The minimum absolute atomic E-state index is 0.701. The van der Waals surface area contributed by atoms with Crippen molar-refractivity contribution in [3.05, 3.63) is 85.3 Å². The van der Waals surface area contributed by atoms with E-state index in [9.17, 15) is 0 Å². The molecule has 0 unspecified atom stereocenters. The molecular weight excluding hydrogens is 284 g/mol. The van der Waals surface area contributed by atoms with Crippen LogP contribution in [-0.2, 0) is 0 Å². The van der Waals surface area contributed by atoms with Gasteiger partial charge in [0.15, 0.2) is 5.82 Å². The van der Waals surface area contributed by atoms with Crippen molar-refractivity contribution in [2.24, 2.45) is 0 Å². The van der Waals surface area contributed by atoms with E-state index in [0.717, 1.165) is 22.5 Å². The van der Waals surface area contributed by atoms with Crippen molar-refractivity contribution in [2.45, 2.75) is 0 Å². The average Bonchev–Trinajstić information content (AvgIpc) is 3.14. The molecule has 2 heterocycles. The third kappa shape index (κ3) is 2.74. The van der Waals surface area contributed by atoms with Crippen molar-refractivity contribution in [2.75, 3.05) is 0 Å². The third-order valence-electron chi connectivity index (χ3n) is 3.59. The van der Waals surface area contributed by atoms with Gasteiger partial charge in [-0.2, -0.15) is 0 Å². The molecule has 0 aliphatic rings. The summed E-state index contributed by atoms with van der Waals surface area (Å²) in [4.78, 5) is 8.82. The molecule has 4 rings (SSSR count). The number of pyridine rings is 1. The number of hydrogen-bond acceptors (Lipinski definition) is 3. The van der Waals surface area contributed by atoms with Crippen LogP contribution < -0.4 is 0 Å². The smallest absolute Gasteiger partial charge is 0.181 e. The number of para-hydroxylation sites is 1. The van der Waals surface area contributed by atoms with Crippen molar-refractivity contribution >= 4 is 0 Å². The maximum atomic E-state index is 4.57. The van der Waals surface area contributed by atoms with Gasteiger partial charge in [0, 0.05) is 17.3 Å². The molecule has 2 aromatic carbocycles. The maximum absolute atomic E-state index is 4.57. The second kappa shape index (κ2) is 5.85. The average molecular weight is 298 g/mol. The molecule has 4 nitrogen and oxygen atoms in total. The topological polar surface area (TPSA) is 43.6 Å². The van der Waals surface area contributed by atoms with E-state index in [1.165, 1.54) is 0 Å². The van der Waals surface area contributed by atoms with Crippen molar-refractivity contribution in [3.63, 3.8) is 0 Å². The minimum atomic E-state index is 0.701. The van der Waals surface area contributed by atoms with Crippen molar-refractivity contribution in [1.29, 1.82) is 0 Å². The Morgan fingerprint density at radius 2 is 1.52 bits per heavy atom. The van der Waals surface area contributed by atoms with E-state index in [1.807, 2.05) is 66.7 Å². The predicted octanol–water partition coefficient (Wildman–Crippen LogP) is 4.00. The van der Waals surface area contributed by atoms with Gasteiger partial charge in [-0.15, -0.1) is 5.10 Å². The molecular formula is C19H14N4. The van der Waals surface area contributed by atoms with Gasteiger partial charge < -0.3 is 0 Å². The summed E-state index contributed by atoms with van der Waals surface area (Å²) in [6.45, 7) is 0. The Morgan fingerprint density at radius 3 is 2.35 bits per heavy atom. The number of benzene rings is 2. The zero-order valence-electron chi connectivity index (χ0n) is 12.4. The first kappa shape index (κ1) is 13.4. The van der Waals surface area contributed by atoms with Crippen molar-refractivity contribution < 1.29 is 0 Å². The zero-order chi connectivity index (χ0) is 15.5. The predicted molar refractivity (Wildman–Crippen MR) is 90.0 cm³/mol. The fraction of sp³-hybridized carbons (Fsp3) is 0. The Balaban J connectivity index is 1.71. The normalized spacial score (nSPS) is 10.6. The van der Waals surface area contributed by atoms with Crippen LogP contribution in [0.15, 0.2) is 85.3 Å². The summed E-state index contributed by atoms with van der Waals surface area (Å²) in [7, 11) is 0. The van der Waals surface area contributed by atoms with Gasteiger partial charge in [-0.25, -0.2) is 9.67 Å². The summed E-state index contributed by atoms with van der Waals surface area (Å²) < 4.78 is 1.78. The van der Waals surface area contributed by atoms with E-state index in [0.29, 0.717) is 5.82 Å². The number of rotatable bonds is 3. The Labute approximate surface area is 134 Å². The van der Waals surface area contributed by atoms with Gasteiger partial charge in [0.25, 0.3) is 0 Å². The highest BCUT2D eigenvalue weighted by Crippen LogP contribution is 2.23. The van der Waals surface area contributed by atoms with Gasteiger partial charge in [-0.1, -0.05) is 42.5 Å². The first-order valence-corrected chi connectivity index (χ1v) is 7.39. The fourth-order valence-corrected chi connectivity index (χ4v) is 2.45. The quantitative estimate of drug-likeness (QED) is 0.574. The van der Waals surface area contributed by atoms with E-state index in [-0.39, 0.29) is 0 Å². The Hall–Kier alpha value is -3.27. The lowest BCUT2D eigenvalue weighted by Crippen LogP contribution is -1.94. The van der Waals surface area contributed by atoms with Crippen LogP contribution >= 0.6 is 0 Å². The van der Waals surface area contributed by atoms with Crippen LogP contribution in [0.25, 0.3) is 28.3 Å². The van der Waals surface area contributed by atoms with Gasteiger partial charge in [-0.3, -0.25) is 4.98 Å². The van der Waals surface area contributed by atoms with Crippen LogP contribution in [-0.4, -0.2) is 19.7 Å². The summed E-state index contributed by atoms with van der Waals surface area (Å²) in [5.74, 6) is 0.701. The minimum Gasteiger partial charge on any atom is -0.256 e. The van der Waals surface area contributed by atoms with Gasteiger partial charge in [-0.05, 0) is 30.3 Å². The zero-order valence-corrected chi connectivity index (χ0v) is 12.4.